The molecule has 1 aromatic heterocycles. The maximum atomic E-state index is 11.8. The molecule has 0 aliphatic heterocycles. The number of rotatable bonds is 5. The van der Waals surface area contributed by atoms with Gasteiger partial charge in [-0.25, -0.2) is 4.98 Å². The van der Waals surface area contributed by atoms with Crippen LogP contribution in [0.25, 0.3) is 0 Å². The number of ether oxygens (including phenoxy) is 2. The lowest BCUT2D eigenvalue weighted by atomic mass is 10.3. The first kappa shape index (κ1) is 14.1. The van der Waals surface area contributed by atoms with Gasteiger partial charge < -0.3 is 14.8 Å². The average Bonchev–Trinajstić information content (AvgIpc) is 2.47. The van der Waals surface area contributed by atoms with Crippen molar-refractivity contribution in [3.8, 4) is 11.5 Å². The number of aromatic nitrogens is 1. The number of para-hydroxylation sites is 2. The van der Waals surface area contributed by atoms with Gasteiger partial charge in [0.1, 0.15) is 5.75 Å². The van der Waals surface area contributed by atoms with E-state index in [1.54, 1.807) is 36.5 Å². The second kappa shape index (κ2) is 6.77. The zero-order valence-electron chi connectivity index (χ0n) is 10.8. The smallest absolute Gasteiger partial charge is 0.262 e. The lowest BCUT2D eigenvalue weighted by molar-refractivity contribution is -0.118. The third-order valence-corrected chi connectivity index (χ3v) is 2.75. The van der Waals surface area contributed by atoms with E-state index < -0.39 is 0 Å². The van der Waals surface area contributed by atoms with E-state index in [1.165, 1.54) is 7.11 Å². The van der Waals surface area contributed by atoms with Crippen molar-refractivity contribution in [3.05, 3.63) is 47.7 Å². The average molecular weight is 293 g/mol. The summed E-state index contributed by atoms with van der Waals surface area (Å²) in [7, 11) is 1.54. The minimum atomic E-state index is -0.311. The van der Waals surface area contributed by atoms with Gasteiger partial charge in [-0.3, -0.25) is 4.79 Å². The maximum absolute atomic E-state index is 11.8. The van der Waals surface area contributed by atoms with Crippen molar-refractivity contribution in [3.63, 3.8) is 0 Å². The Morgan fingerprint density at radius 1 is 1.25 bits per heavy atom. The number of nitrogens with zero attached hydrogens (tertiary/aromatic N) is 1. The predicted octanol–water partition coefficient (Wildman–Crippen LogP) is 2.76. The summed E-state index contributed by atoms with van der Waals surface area (Å²) in [5.41, 5.74) is 0.584. The Balaban J connectivity index is 1.95. The molecule has 0 atom stereocenters. The number of benzene rings is 1. The van der Waals surface area contributed by atoms with E-state index in [0.29, 0.717) is 17.2 Å². The van der Waals surface area contributed by atoms with Gasteiger partial charge in [0.15, 0.2) is 17.5 Å². The van der Waals surface area contributed by atoms with Gasteiger partial charge in [0.05, 0.1) is 12.8 Å². The molecule has 6 heteroatoms. The van der Waals surface area contributed by atoms with Crippen LogP contribution in [0.5, 0.6) is 11.5 Å². The van der Waals surface area contributed by atoms with Crippen LogP contribution in [0.4, 0.5) is 5.69 Å². The van der Waals surface area contributed by atoms with Crippen LogP contribution in [-0.4, -0.2) is 24.6 Å². The van der Waals surface area contributed by atoms with Crippen molar-refractivity contribution in [2.75, 3.05) is 19.0 Å². The van der Waals surface area contributed by atoms with Gasteiger partial charge in [-0.1, -0.05) is 23.7 Å². The van der Waals surface area contributed by atoms with E-state index in [-0.39, 0.29) is 17.7 Å². The first-order valence-corrected chi connectivity index (χ1v) is 6.24. The molecular weight excluding hydrogens is 280 g/mol. The van der Waals surface area contributed by atoms with Crippen LogP contribution < -0.4 is 14.8 Å². The maximum Gasteiger partial charge on any atom is 0.262 e. The van der Waals surface area contributed by atoms with Gasteiger partial charge >= 0.3 is 0 Å². The normalized spacial score (nSPS) is 9.90. The Labute approximate surface area is 121 Å². The van der Waals surface area contributed by atoms with E-state index in [4.69, 9.17) is 21.1 Å². The summed E-state index contributed by atoms with van der Waals surface area (Å²) in [4.78, 5) is 15.7. The molecule has 5 nitrogen and oxygen atoms in total. The molecule has 20 heavy (non-hydrogen) atoms. The highest BCUT2D eigenvalue weighted by Crippen LogP contribution is 2.23. The van der Waals surface area contributed by atoms with Crippen molar-refractivity contribution < 1.29 is 14.3 Å². The van der Waals surface area contributed by atoms with Crippen LogP contribution in [0, 0.1) is 0 Å². The number of carbonyl (C=O) groups excluding carboxylic acids is 1. The Bertz CT molecular complexity index is 604. The summed E-state index contributed by atoms with van der Waals surface area (Å²) < 4.78 is 10.4. The molecule has 0 saturated carbocycles. The molecule has 2 aromatic rings. The fourth-order valence-corrected chi connectivity index (χ4v) is 1.73. The molecule has 1 aromatic carbocycles. The molecule has 104 valence electrons. The van der Waals surface area contributed by atoms with E-state index in [0.717, 1.165) is 0 Å². The zero-order valence-corrected chi connectivity index (χ0v) is 11.6. The number of amides is 1. The topological polar surface area (TPSA) is 60.5 Å². The first-order valence-electron chi connectivity index (χ1n) is 5.87. The number of hydrogen-bond acceptors (Lipinski definition) is 4. The summed E-state index contributed by atoms with van der Waals surface area (Å²) >= 11 is 5.83. The number of methoxy groups -OCH3 is 1. The van der Waals surface area contributed by atoms with Gasteiger partial charge in [-0.15, -0.1) is 0 Å². The number of pyridine rings is 1. The summed E-state index contributed by atoms with van der Waals surface area (Å²) in [5.74, 6) is 0.638. The van der Waals surface area contributed by atoms with E-state index in [9.17, 15) is 4.79 Å². The standard InChI is InChI=1S/C14H13ClN2O3/c1-19-11-6-3-2-5-10(11)17-13(18)9-20-12-7-4-8-16-14(12)15/h2-8H,9H2,1H3,(H,17,18). The molecule has 0 aliphatic rings. The Morgan fingerprint density at radius 2 is 2.00 bits per heavy atom. The highest BCUT2D eigenvalue weighted by Gasteiger charge is 2.09. The summed E-state index contributed by atoms with van der Waals surface area (Å²) in [5, 5.41) is 2.92. The number of nitrogens with one attached hydrogen (secondary N) is 1. The molecule has 0 spiro atoms. The van der Waals surface area contributed by atoms with Crippen molar-refractivity contribution in [2.24, 2.45) is 0 Å². The van der Waals surface area contributed by atoms with E-state index in [2.05, 4.69) is 10.3 Å². The second-order valence-electron chi connectivity index (χ2n) is 3.83. The molecule has 1 N–H and O–H groups in total. The van der Waals surface area contributed by atoms with Crippen molar-refractivity contribution in [1.82, 2.24) is 4.98 Å². The third-order valence-electron chi connectivity index (χ3n) is 2.46. The van der Waals surface area contributed by atoms with Gasteiger partial charge in [0, 0.05) is 6.20 Å². The third kappa shape index (κ3) is 3.61. The molecule has 0 bridgehead atoms. The van der Waals surface area contributed by atoms with Gasteiger partial charge in [-0.2, -0.15) is 0 Å². The molecule has 0 aliphatic carbocycles. The summed E-state index contributed by atoms with van der Waals surface area (Å²) in [6.07, 6.45) is 1.55. The molecule has 0 radical (unpaired) electrons. The van der Waals surface area contributed by atoms with E-state index >= 15 is 0 Å². The molecule has 0 unspecified atom stereocenters. The van der Waals surface area contributed by atoms with Crippen LogP contribution in [0.2, 0.25) is 5.15 Å². The quantitative estimate of drug-likeness (QED) is 0.861. The Hall–Kier alpha value is -2.27. The summed E-state index contributed by atoms with van der Waals surface area (Å²) in [6.45, 7) is -0.163. The zero-order chi connectivity index (χ0) is 14.4. The SMILES string of the molecule is COc1ccccc1NC(=O)COc1cccnc1Cl. The summed E-state index contributed by atoms with van der Waals surface area (Å²) in [6, 6.07) is 10.4. The molecule has 2 rings (SSSR count). The molecular formula is C14H13ClN2O3. The van der Waals surface area contributed by atoms with Crippen molar-refractivity contribution in [1.29, 1.82) is 0 Å². The number of halogens is 1. The Morgan fingerprint density at radius 3 is 2.75 bits per heavy atom. The molecule has 1 heterocycles. The van der Waals surface area contributed by atoms with Gasteiger partial charge in [0.25, 0.3) is 5.91 Å². The van der Waals surface area contributed by atoms with Gasteiger partial charge in [-0.05, 0) is 24.3 Å². The molecule has 0 saturated heterocycles. The molecule has 1 amide bonds. The highest BCUT2D eigenvalue weighted by molar-refractivity contribution is 6.30. The number of hydrogen-bond donors (Lipinski definition) is 1. The largest absolute Gasteiger partial charge is 0.495 e. The van der Waals surface area contributed by atoms with Crippen LogP contribution in [0.3, 0.4) is 0 Å². The fraction of sp³-hybridized carbons (Fsp3) is 0.143. The number of anilines is 1. The molecule has 0 fully saturated rings. The van der Waals surface area contributed by atoms with E-state index in [1.807, 2.05) is 6.07 Å². The fourth-order valence-electron chi connectivity index (χ4n) is 1.56. The minimum Gasteiger partial charge on any atom is -0.495 e. The predicted molar refractivity (Wildman–Crippen MR) is 76.4 cm³/mol. The second-order valence-corrected chi connectivity index (χ2v) is 4.19. The van der Waals surface area contributed by atoms with Gasteiger partial charge in [0.2, 0.25) is 0 Å². The van der Waals surface area contributed by atoms with Crippen LogP contribution in [0.15, 0.2) is 42.6 Å². The lowest BCUT2D eigenvalue weighted by Crippen LogP contribution is -2.20. The van der Waals surface area contributed by atoms with Crippen molar-refractivity contribution in [2.45, 2.75) is 0 Å². The van der Waals surface area contributed by atoms with Crippen LogP contribution >= 0.6 is 11.6 Å². The Kier molecular flexibility index (Phi) is 4.79. The monoisotopic (exact) mass is 292 g/mol. The van der Waals surface area contributed by atoms with Crippen molar-refractivity contribution >= 4 is 23.2 Å². The number of carbonyl (C=O) groups is 1. The first-order chi connectivity index (χ1) is 9.70. The van der Waals surface area contributed by atoms with Crippen LogP contribution in [0.1, 0.15) is 0 Å². The lowest BCUT2D eigenvalue weighted by Gasteiger charge is -2.10. The highest BCUT2D eigenvalue weighted by atomic mass is 35.5. The minimum absolute atomic E-state index is 0.163. The van der Waals surface area contributed by atoms with Crippen LogP contribution in [-0.2, 0) is 4.79 Å².